The Morgan fingerprint density at radius 2 is 1.94 bits per heavy atom. The van der Waals surface area contributed by atoms with Crippen LogP contribution in [0.15, 0.2) is 30.3 Å². The Kier molecular flexibility index (Phi) is 5.62. The van der Waals surface area contributed by atoms with Gasteiger partial charge in [-0.25, -0.2) is 0 Å². The molecule has 0 saturated heterocycles. The van der Waals surface area contributed by atoms with Gasteiger partial charge in [-0.3, -0.25) is 4.79 Å². The average molecular weight is 220 g/mol. The van der Waals surface area contributed by atoms with E-state index in [4.69, 9.17) is 4.74 Å². The van der Waals surface area contributed by atoms with Gasteiger partial charge in [0.05, 0.1) is 0 Å². The number of rotatable bonds is 6. The van der Waals surface area contributed by atoms with Crippen LogP contribution in [0.5, 0.6) is 0 Å². The van der Waals surface area contributed by atoms with Crippen molar-refractivity contribution in [1.82, 2.24) is 0 Å². The van der Waals surface area contributed by atoms with Crippen LogP contribution in [0.2, 0.25) is 0 Å². The first-order valence-electron chi connectivity index (χ1n) is 5.93. The van der Waals surface area contributed by atoms with E-state index in [-0.39, 0.29) is 12.1 Å². The third-order valence-electron chi connectivity index (χ3n) is 2.54. The van der Waals surface area contributed by atoms with E-state index in [2.05, 4.69) is 19.1 Å². The molecule has 0 radical (unpaired) electrons. The van der Waals surface area contributed by atoms with Gasteiger partial charge in [0.2, 0.25) is 0 Å². The molecule has 2 heteroatoms. The highest BCUT2D eigenvalue weighted by Gasteiger charge is 2.10. The van der Waals surface area contributed by atoms with Gasteiger partial charge in [-0.2, -0.15) is 0 Å². The Morgan fingerprint density at radius 3 is 2.50 bits per heavy atom. The SMILES string of the molecule is CCCC(CCc1ccccc1)OC(C)=O. The number of hydrogen-bond donors (Lipinski definition) is 0. The smallest absolute Gasteiger partial charge is 0.302 e. The molecule has 1 aromatic rings. The molecule has 0 aliphatic rings. The van der Waals surface area contributed by atoms with Gasteiger partial charge in [0.25, 0.3) is 0 Å². The van der Waals surface area contributed by atoms with Crippen LogP contribution in [-0.2, 0) is 16.0 Å². The molecule has 88 valence electrons. The van der Waals surface area contributed by atoms with Crippen LogP contribution in [0.4, 0.5) is 0 Å². The van der Waals surface area contributed by atoms with Crippen molar-refractivity contribution in [3.63, 3.8) is 0 Å². The number of hydrogen-bond acceptors (Lipinski definition) is 2. The van der Waals surface area contributed by atoms with Crippen molar-refractivity contribution in [3.8, 4) is 0 Å². The second-order valence-electron chi connectivity index (χ2n) is 4.04. The Bertz CT molecular complexity index is 306. The number of carbonyl (C=O) groups is 1. The zero-order valence-electron chi connectivity index (χ0n) is 10.1. The molecule has 16 heavy (non-hydrogen) atoms. The molecule has 2 nitrogen and oxygen atoms in total. The van der Waals surface area contributed by atoms with Crippen LogP contribution >= 0.6 is 0 Å². The third-order valence-corrected chi connectivity index (χ3v) is 2.54. The molecule has 0 aliphatic carbocycles. The number of carbonyl (C=O) groups excluding carboxylic acids is 1. The van der Waals surface area contributed by atoms with E-state index < -0.39 is 0 Å². The van der Waals surface area contributed by atoms with E-state index in [9.17, 15) is 4.79 Å². The quantitative estimate of drug-likeness (QED) is 0.687. The average Bonchev–Trinajstić information content (AvgIpc) is 2.27. The van der Waals surface area contributed by atoms with Crippen molar-refractivity contribution in [2.45, 2.75) is 45.6 Å². The lowest BCUT2D eigenvalue weighted by atomic mass is 10.0. The highest BCUT2D eigenvalue weighted by Crippen LogP contribution is 2.12. The summed E-state index contributed by atoms with van der Waals surface area (Å²) in [5, 5.41) is 0. The van der Waals surface area contributed by atoms with E-state index in [1.54, 1.807) is 0 Å². The summed E-state index contributed by atoms with van der Waals surface area (Å²) in [6.07, 6.45) is 3.96. The maximum atomic E-state index is 10.9. The second kappa shape index (κ2) is 7.04. The topological polar surface area (TPSA) is 26.3 Å². The van der Waals surface area contributed by atoms with Crippen molar-refractivity contribution >= 4 is 5.97 Å². The van der Waals surface area contributed by atoms with Crippen molar-refractivity contribution < 1.29 is 9.53 Å². The second-order valence-corrected chi connectivity index (χ2v) is 4.04. The molecular weight excluding hydrogens is 200 g/mol. The molecule has 0 amide bonds. The fourth-order valence-electron chi connectivity index (χ4n) is 1.79. The van der Waals surface area contributed by atoms with Crippen LogP contribution in [0, 0.1) is 0 Å². The van der Waals surface area contributed by atoms with Gasteiger partial charge in [-0.05, 0) is 24.8 Å². The minimum Gasteiger partial charge on any atom is -0.463 e. The van der Waals surface area contributed by atoms with Crippen LogP contribution in [0.25, 0.3) is 0 Å². The Morgan fingerprint density at radius 1 is 1.25 bits per heavy atom. The number of aryl methyl sites for hydroxylation is 1. The van der Waals surface area contributed by atoms with Gasteiger partial charge in [-0.15, -0.1) is 0 Å². The van der Waals surface area contributed by atoms with Crippen molar-refractivity contribution in [3.05, 3.63) is 35.9 Å². The lowest BCUT2D eigenvalue weighted by Crippen LogP contribution is -2.16. The maximum Gasteiger partial charge on any atom is 0.302 e. The summed E-state index contributed by atoms with van der Waals surface area (Å²) in [6.45, 7) is 3.59. The number of benzene rings is 1. The number of ether oxygens (including phenoxy) is 1. The highest BCUT2D eigenvalue weighted by molar-refractivity contribution is 5.66. The summed E-state index contributed by atoms with van der Waals surface area (Å²) in [4.78, 5) is 10.9. The highest BCUT2D eigenvalue weighted by atomic mass is 16.5. The molecule has 1 atom stereocenters. The molecule has 1 rings (SSSR count). The zero-order valence-corrected chi connectivity index (χ0v) is 10.1. The Hall–Kier alpha value is -1.31. The molecule has 0 aliphatic heterocycles. The molecule has 1 unspecified atom stereocenters. The standard InChI is InChI=1S/C14H20O2/c1-3-7-14(16-12(2)15)11-10-13-8-5-4-6-9-13/h4-6,8-9,14H,3,7,10-11H2,1-2H3. The van der Waals surface area contributed by atoms with Gasteiger partial charge in [0, 0.05) is 6.92 Å². The van der Waals surface area contributed by atoms with E-state index in [1.807, 2.05) is 18.2 Å². The van der Waals surface area contributed by atoms with Gasteiger partial charge in [0.15, 0.2) is 0 Å². The molecule has 0 spiro atoms. The number of esters is 1. The summed E-state index contributed by atoms with van der Waals surface area (Å²) in [5.41, 5.74) is 1.30. The molecule has 1 aromatic carbocycles. The third kappa shape index (κ3) is 4.96. The minimum absolute atomic E-state index is 0.0720. The monoisotopic (exact) mass is 220 g/mol. The lowest BCUT2D eigenvalue weighted by Gasteiger charge is -2.16. The summed E-state index contributed by atoms with van der Waals surface area (Å²) in [6, 6.07) is 10.3. The minimum atomic E-state index is -0.175. The summed E-state index contributed by atoms with van der Waals surface area (Å²) in [5.74, 6) is -0.175. The van der Waals surface area contributed by atoms with Crippen molar-refractivity contribution in [1.29, 1.82) is 0 Å². The first-order chi connectivity index (χ1) is 7.72. The first-order valence-corrected chi connectivity index (χ1v) is 5.93. The van der Waals surface area contributed by atoms with Gasteiger partial charge >= 0.3 is 5.97 Å². The molecule has 0 fully saturated rings. The van der Waals surface area contributed by atoms with E-state index in [0.717, 1.165) is 25.7 Å². The maximum absolute atomic E-state index is 10.9. The van der Waals surface area contributed by atoms with Crippen LogP contribution in [0.1, 0.15) is 38.7 Å². The molecule has 0 aromatic heterocycles. The Labute approximate surface area is 97.6 Å². The van der Waals surface area contributed by atoms with Gasteiger partial charge in [0.1, 0.15) is 6.10 Å². The normalized spacial score (nSPS) is 12.1. The van der Waals surface area contributed by atoms with Gasteiger partial charge in [-0.1, -0.05) is 43.7 Å². The molecule has 0 bridgehead atoms. The van der Waals surface area contributed by atoms with E-state index >= 15 is 0 Å². The Balaban J connectivity index is 2.40. The lowest BCUT2D eigenvalue weighted by molar-refractivity contribution is -0.146. The molecule has 0 N–H and O–H groups in total. The fourth-order valence-corrected chi connectivity index (χ4v) is 1.79. The predicted octanol–water partition coefficient (Wildman–Crippen LogP) is 3.35. The summed E-state index contributed by atoms with van der Waals surface area (Å²) in [7, 11) is 0. The van der Waals surface area contributed by atoms with Crippen LogP contribution in [-0.4, -0.2) is 12.1 Å². The fraction of sp³-hybridized carbons (Fsp3) is 0.500. The van der Waals surface area contributed by atoms with Crippen molar-refractivity contribution in [2.24, 2.45) is 0 Å². The molecule has 0 saturated carbocycles. The largest absolute Gasteiger partial charge is 0.463 e. The molecular formula is C14H20O2. The van der Waals surface area contributed by atoms with Crippen LogP contribution in [0.3, 0.4) is 0 Å². The van der Waals surface area contributed by atoms with Crippen molar-refractivity contribution in [2.75, 3.05) is 0 Å². The van der Waals surface area contributed by atoms with Crippen LogP contribution < -0.4 is 0 Å². The summed E-state index contributed by atoms with van der Waals surface area (Å²) < 4.78 is 5.27. The van der Waals surface area contributed by atoms with E-state index in [1.165, 1.54) is 12.5 Å². The predicted molar refractivity (Wildman–Crippen MR) is 65.2 cm³/mol. The van der Waals surface area contributed by atoms with Gasteiger partial charge < -0.3 is 4.74 Å². The zero-order chi connectivity index (χ0) is 11.8. The first kappa shape index (κ1) is 12.8. The van der Waals surface area contributed by atoms with E-state index in [0.29, 0.717) is 0 Å². The molecule has 0 heterocycles. The summed E-state index contributed by atoms with van der Waals surface area (Å²) >= 11 is 0.